The molecule has 1 N–H and O–H groups in total. The van der Waals surface area contributed by atoms with Crippen molar-refractivity contribution in [3.63, 3.8) is 0 Å². The molecule has 0 aliphatic carbocycles. The van der Waals surface area contributed by atoms with E-state index in [0.717, 1.165) is 31.9 Å². The quantitative estimate of drug-likeness (QED) is 0.536. The van der Waals surface area contributed by atoms with Gasteiger partial charge in [-0.2, -0.15) is 0 Å². The maximum Gasteiger partial charge on any atom is 0.112 e. The smallest absolute Gasteiger partial charge is 0.112 e. The van der Waals surface area contributed by atoms with Gasteiger partial charge in [0.2, 0.25) is 0 Å². The number of hydrogen-bond acceptors (Lipinski definition) is 3. The molecule has 3 nitrogen and oxygen atoms in total. The highest BCUT2D eigenvalue weighted by atomic mass is 16.5. The molecule has 80 valence electrons. The molecule has 0 aromatic heterocycles. The first-order chi connectivity index (χ1) is 6.79. The first-order valence-corrected chi connectivity index (χ1v) is 5.11. The van der Waals surface area contributed by atoms with Gasteiger partial charge in [-0.05, 0) is 13.0 Å². The number of ether oxygens (including phenoxy) is 1. The van der Waals surface area contributed by atoms with Gasteiger partial charge in [0.1, 0.15) is 5.76 Å². The average Bonchev–Trinajstić information content (AvgIpc) is 2.26. The highest BCUT2D eigenvalue weighted by Gasteiger charge is 2.19. The van der Waals surface area contributed by atoms with E-state index in [2.05, 4.69) is 23.7 Å². The van der Waals surface area contributed by atoms with Crippen molar-refractivity contribution in [2.45, 2.75) is 13.0 Å². The van der Waals surface area contributed by atoms with Crippen molar-refractivity contribution in [2.75, 3.05) is 33.3 Å². The largest absolute Gasteiger partial charge is 0.499 e. The zero-order chi connectivity index (χ0) is 10.4. The van der Waals surface area contributed by atoms with Gasteiger partial charge in [0.15, 0.2) is 0 Å². The van der Waals surface area contributed by atoms with Crippen LogP contribution in [-0.2, 0) is 4.74 Å². The Morgan fingerprint density at radius 3 is 2.64 bits per heavy atom. The van der Waals surface area contributed by atoms with Crippen molar-refractivity contribution in [3.8, 4) is 0 Å². The Hall–Kier alpha value is -0.800. The van der Waals surface area contributed by atoms with Gasteiger partial charge in [-0.1, -0.05) is 12.7 Å². The Kier molecular flexibility index (Phi) is 4.70. The number of hydrogen-bond donors (Lipinski definition) is 1. The standard InChI is InChI=1S/C11H20N2O/c1-4-5-11(14-3)10(2)13-8-6-12-7-9-13/h4-5,10,12H,1,6-9H2,2-3H3/b11-5+. The van der Waals surface area contributed by atoms with Gasteiger partial charge in [0, 0.05) is 26.2 Å². The average molecular weight is 196 g/mol. The monoisotopic (exact) mass is 196 g/mol. The van der Waals surface area contributed by atoms with E-state index in [-0.39, 0.29) is 0 Å². The number of rotatable bonds is 4. The second kappa shape index (κ2) is 5.83. The number of piperazine rings is 1. The molecule has 3 heteroatoms. The third-order valence-electron chi connectivity index (χ3n) is 2.63. The van der Waals surface area contributed by atoms with Crippen molar-refractivity contribution in [1.82, 2.24) is 10.2 Å². The summed E-state index contributed by atoms with van der Waals surface area (Å²) in [6.07, 6.45) is 3.71. The van der Waals surface area contributed by atoms with Crippen LogP contribution in [0.25, 0.3) is 0 Å². The summed E-state index contributed by atoms with van der Waals surface area (Å²) in [7, 11) is 1.72. The summed E-state index contributed by atoms with van der Waals surface area (Å²) in [4.78, 5) is 2.41. The van der Waals surface area contributed by atoms with Crippen LogP contribution in [0.5, 0.6) is 0 Å². The summed E-state index contributed by atoms with van der Waals surface area (Å²) in [6, 6.07) is 0.347. The van der Waals surface area contributed by atoms with Crippen molar-refractivity contribution in [1.29, 1.82) is 0 Å². The van der Waals surface area contributed by atoms with Gasteiger partial charge in [0.25, 0.3) is 0 Å². The van der Waals surface area contributed by atoms with Gasteiger partial charge in [-0.25, -0.2) is 0 Å². The number of nitrogens with one attached hydrogen (secondary N) is 1. The molecule has 1 rings (SSSR count). The minimum absolute atomic E-state index is 0.347. The fourth-order valence-electron chi connectivity index (χ4n) is 1.74. The number of nitrogens with zero attached hydrogens (tertiary/aromatic N) is 1. The molecule has 1 aliphatic rings. The van der Waals surface area contributed by atoms with E-state index in [1.165, 1.54) is 0 Å². The van der Waals surface area contributed by atoms with E-state index >= 15 is 0 Å². The molecule has 0 spiro atoms. The maximum atomic E-state index is 5.33. The summed E-state index contributed by atoms with van der Waals surface area (Å²) in [5, 5.41) is 3.34. The van der Waals surface area contributed by atoms with E-state index in [1.54, 1.807) is 13.2 Å². The zero-order valence-corrected chi connectivity index (χ0v) is 9.12. The molecular formula is C11H20N2O. The molecule has 0 saturated carbocycles. The van der Waals surface area contributed by atoms with Crippen molar-refractivity contribution < 1.29 is 4.74 Å². The van der Waals surface area contributed by atoms with E-state index in [1.807, 2.05) is 6.08 Å². The molecule has 1 atom stereocenters. The Bertz CT molecular complexity index is 207. The predicted molar refractivity (Wildman–Crippen MR) is 59.2 cm³/mol. The third-order valence-corrected chi connectivity index (χ3v) is 2.63. The molecule has 1 unspecified atom stereocenters. The van der Waals surface area contributed by atoms with Crippen molar-refractivity contribution >= 4 is 0 Å². The highest BCUT2D eigenvalue weighted by molar-refractivity contribution is 5.10. The Morgan fingerprint density at radius 2 is 2.14 bits per heavy atom. The molecule has 0 radical (unpaired) electrons. The van der Waals surface area contributed by atoms with Gasteiger partial charge in [0.05, 0.1) is 13.2 Å². The van der Waals surface area contributed by atoms with Crippen LogP contribution in [0.3, 0.4) is 0 Å². The van der Waals surface area contributed by atoms with Gasteiger partial charge < -0.3 is 10.1 Å². The van der Waals surface area contributed by atoms with Gasteiger partial charge >= 0.3 is 0 Å². The second-order valence-electron chi connectivity index (χ2n) is 3.47. The SMILES string of the molecule is C=C/C=C(/OC)C(C)N1CCNCC1. The first-order valence-electron chi connectivity index (χ1n) is 5.11. The molecule has 0 aromatic rings. The minimum atomic E-state index is 0.347. The van der Waals surface area contributed by atoms with Crippen molar-refractivity contribution in [2.24, 2.45) is 0 Å². The van der Waals surface area contributed by atoms with E-state index in [9.17, 15) is 0 Å². The second-order valence-corrected chi connectivity index (χ2v) is 3.47. The third kappa shape index (κ3) is 2.86. The summed E-state index contributed by atoms with van der Waals surface area (Å²) >= 11 is 0. The molecule has 1 heterocycles. The molecule has 0 aromatic carbocycles. The van der Waals surface area contributed by atoms with Crippen LogP contribution in [0.15, 0.2) is 24.5 Å². The van der Waals surface area contributed by atoms with Crippen LogP contribution in [0.2, 0.25) is 0 Å². The number of allylic oxidation sites excluding steroid dienone is 2. The minimum Gasteiger partial charge on any atom is -0.499 e. The molecule has 1 saturated heterocycles. The lowest BCUT2D eigenvalue weighted by molar-refractivity contribution is 0.146. The van der Waals surface area contributed by atoms with Crippen LogP contribution in [0, 0.1) is 0 Å². The lowest BCUT2D eigenvalue weighted by atomic mass is 10.2. The lowest BCUT2D eigenvalue weighted by Crippen LogP contribution is -2.48. The summed E-state index contributed by atoms with van der Waals surface area (Å²) in [5.74, 6) is 0.988. The molecule has 1 aliphatic heterocycles. The molecule has 0 amide bonds. The molecule has 0 bridgehead atoms. The number of methoxy groups -OCH3 is 1. The highest BCUT2D eigenvalue weighted by Crippen LogP contribution is 2.11. The molecule has 14 heavy (non-hydrogen) atoms. The summed E-state index contributed by atoms with van der Waals surface area (Å²) in [5.41, 5.74) is 0. The van der Waals surface area contributed by atoms with Crippen LogP contribution >= 0.6 is 0 Å². The Balaban J connectivity index is 2.56. The maximum absolute atomic E-state index is 5.33. The summed E-state index contributed by atoms with van der Waals surface area (Å²) in [6.45, 7) is 10.2. The van der Waals surface area contributed by atoms with Crippen LogP contribution < -0.4 is 5.32 Å². The zero-order valence-electron chi connectivity index (χ0n) is 9.12. The van der Waals surface area contributed by atoms with Crippen LogP contribution in [0.4, 0.5) is 0 Å². The van der Waals surface area contributed by atoms with Gasteiger partial charge in [-0.3, -0.25) is 4.90 Å². The fourth-order valence-corrected chi connectivity index (χ4v) is 1.74. The Labute approximate surface area is 86.4 Å². The van der Waals surface area contributed by atoms with Gasteiger partial charge in [-0.15, -0.1) is 0 Å². The predicted octanol–water partition coefficient (Wildman–Crippen LogP) is 0.996. The van der Waals surface area contributed by atoms with E-state index in [0.29, 0.717) is 6.04 Å². The molecule has 1 fully saturated rings. The summed E-state index contributed by atoms with van der Waals surface area (Å²) < 4.78 is 5.33. The van der Waals surface area contributed by atoms with E-state index < -0.39 is 0 Å². The Morgan fingerprint density at radius 1 is 1.50 bits per heavy atom. The van der Waals surface area contributed by atoms with Crippen LogP contribution in [-0.4, -0.2) is 44.2 Å². The topological polar surface area (TPSA) is 24.5 Å². The fraction of sp³-hybridized carbons (Fsp3) is 0.636. The van der Waals surface area contributed by atoms with Crippen LogP contribution in [0.1, 0.15) is 6.92 Å². The molecular weight excluding hydrogens is 176 g/mol. The normalized spacial score (nSPS) is 21.7. The van der Waals surface area contributed by atoms with Crippen molar-refractivity contribution in [3.05, 3.63) is 24.5 Å². The van der Waals surface area contributed by atoms with E-state index in [4.69, 9.17) is 4.74 Å². The lowest BCUT2D eigenvalue weighted by Gasteiger charge is -2.33. The first kappa shape index (κ1) is 11.3.